The van der Waals surface area contributed by atoms with Crippen molar-refractivity contribution >= 4 is 5.57 Å². The second-order valence-corrected chi connectivity index (χ2v) is 6.87. The summed E-state index contributed by atoms with van der Waals surface area (Å²) in [5.41, 5.74) is 3.36. The third-order valence-electron chi connectivity index (χ3n) is 4.94. The van der Waals surface area contributed by atoms with E-state index in [4.69, 9.17) is 4.74 Å². The monoisotopic (exact) mass is 356 g/mol. The summed E-state index contributed by atoms with van der Waals surface area (Å²) in [6, 6.07) is 12.2. The average molecular weight is 356 g/mol. The van der Waals surface area contributed by atoms with Crippen LogP contribution in [-0.2, 0) is 0 Å². The van der Waals surface area contributed by atoms with Gasteiger partial charge in [-0.15, -0.1) is 0 Å². The minimum atomic E-state index is -0.795. The summed E-state index contributed by atoms with van der Waals surface area (Å²) >= 11 is 0. The van der Waals surface area contributed by atoms with Crippen LogP contribution in [0.25, 0.3) is 5.57 Å². The van der Waals surface area contributed by atoms with Crippen LogP contribution < -0.4 is 4.74 Å². The first-order chi connectivity index (χ1) is 12.7. The average Bonchev–Trinajstić information content (AvgIpc) is 2.68. The van der Waals surface area contributed by atoms with Gasteiger partial charge in [-0.25, -0.2) is 8.78 Å². The van der Waals surface area contributed by atoms with E-state index in [2.05, 4.69) is 6.92 Å². The standard InChI is InChI=1S/C23H26F2O/c1-2-3-16-26-19-14-12-18(13-15-19)22(17-8-5-4-6-9-17)20-10-7-11-21(24)23(20)25/h7,10-15H,2-6,8-9,16H2,1H3. The highest BCUT2D eigenvalue weighted by molar-refractivity contribution is 5.82. The molecule has 1 aliphatic rings. The van der Waals surface area contributed by atoms with Crippen LogP contribution in [0.15, 0.2) is 48.0 Å². The first-order valence-electron chi connectivity index (χ1n) is 9.60. The molecule has 0 aliphatic heterocycles. The number of benzene rings is 2. The fourth-order valence-electron chi connectivity index (χ4n) is 3.53. The summed E-state index contributed by atoms with van der Waals surface area (Å²) in [5.74, 6) is -0.741. The van der Waals surface area contributed by atoms with Crippen molar-refractivity contribution in [3.05, 3.63) is 70.8 Å². The van der Waals surface area contributed by atoms with Crippen LogP contribution in [-0.4, -0.2) is 6.61 Å². The van der Waals surface area contributed by atoms with Crippen LogP contribution in [0.5, 0.6) is 5.75 Å². The fraction of sp³-hybridized carbons (Fsp3) is 0.391. The molecule has 26 heavy (non-hydrogen) atoms. The Labute approximate surface area is 154 Å². The van der Waals surface area contributed by atoms with E-state index in [9.17, 15) is 8.78 Å². The largest absolute Gasteiger partial charge is 0.494 e. The highest BCUT2D eigenvalue weighted by atomic mass is 19.2. The third-order valence-corrected chi connectivity index (χ3v) is 4.94. The molecule has 1 aliphatic carbocycles. The molecule has 0 heterocycles. The normalized spacial score (nSPS) is 14.3. The van der Waals surface area contributed by atoms with Crippen LogP contribution >= 0.6 is 0 Å². The van der Waals surface area contributed by atoms with E-state index < -0.39 is 11.6 Å². The van der Waals surface area contributed by atoms with Gasteiger partial charge in [0, 0.05) is 5.56 Å². The second kappa shape index (κ2) is 8.98. The van der Waals surface area contributed by atoms with E-state index in [0.717, 1.165) is 55.4 Å². The van der Waals surface area contributed by atoms with Gasteiger partial charge < -0.3 is 4.74 Å². The van der Waals surface area contributed by atoms with Gasteiger partial charge >= 0.3 is 0 Å². The summed E-state index contributed by atoms with van der Waals surface area (Å²) in [7, 11) is 0. The number of hydrogen-bond donors (Lipinski definition) is 0. The fourth-order valence-corrected chi connectivity index (χ4v) is 3.53. The summed E-state index contributed by atoms with van der Waals surface area (Å²) in [5, 5.41) is 0. The Hall–Kier alpha value is -2.16. The van der Waals surface area contributed by atoms with Crippen LogP contribution in [0.1, 0.15) is 63.0 Å². The van der Waals surface area contributed by atoms with Crippen molar-refractivity contribution in [3.8, 4) is 5.75 Å². The molecule has 0 aromatic heterocycles. The van der Waals surface area contributed by atoms with E-state index in [-0.39, 0.29) is 0 Å². The van der Waals surface area contributed by atoms with Crippen molar-refractivity contribution < 1.29 is 13.5 Å². The van der Waals surface area contributed by atoms with Crippen LogP contribution in [0.2, 0.25) is 0 Å². The van der Waals surface area contributed by atoms with Gasteiger partial charge in [0.1, 0.15) is 5.75 Å². The van der Waals surface area contributed by atoms with Crippen LogP contribution in [0, 0.1) is 11.6 Å². The number of ether oxygens (including phenoxy) is 1. The van der Waals surface area contributed by atoms with E-state index in [1.54, 1.807) is 12.1 Å². The van der Waals surface area contributed by atoms with Gasteiger partial charge in [-0.1, -0.05) is 49.6 Å². The van der Waals surface area contributed by atoms with Crippen molar-refractivity contribution in [1.82, 2.24) is 0 Å². The summed E-state index contributed by atoms with van der Waals surface area (Å²) in [6.07, 6.45) is 7.41. The van der Waals surface area contributed by atoms with Gasteiger partial charge in [0.15, 0.2) is 11.6 Å². The zero-order valence-corrected chi connectivity index (χ0v) is 15.4. The van der Waals surface area contributed by atoms with Crippen LogP contribution in [0.4, 0.5) is 8.78 Å². The zero-order chi connectivity index (χ0) is 18.4. The maximum Gasteiger partial charge on any atom is 0.166 e. The Bertz CT molecular complexity index is 754. The second-order valence-electron chi connectivity index (χ2n) is 6.87. The Morgan fingerprint density at radius 1 is 0.962 bits per heavy atom. The smallest absolute Gasteiger partial charge is 0.166 e. The molecule has 1 nitrogen and oxygen atoms in total. The molecule has 1 saturated carbocycles. The molecular weight excluding hydrogens is 330 g/mol. The Kier molecular flexibility index (Phi) is 6.43. The van der Waals surface area contributed by atoms with Gasteiger partial charge in [0.2, 0.25) is 0 Å². The first-order valence-corrected chi connectivity index (χ1v) is 9.60. The maximum absolute atomic E-state index is 14.5. The predicted octanol–water partition coefficient (Wildman–Crippen LogP) is 6.91. The van der Waals surface area contributed by atoms with Crippen molar-refractivity contribution in [2.24, 2.45) is 0 Å². The molecule has 1 fully saturated rings. The molecule has 2 aromatic carbocycles. The lowest BCUT2D eigenvalue weighted by Crippen LogP contribution is -2.03. The Morgan fingerprint density at radius 2 is 1.69 bits per heavy atom. The molecule has 3 rings (SSSR count). The lowest BCUT2D eigenvalue weighted by molar-refractivity contribution is 0.309. The topological polar surface area (TPSA) is 9.23 Å². The van der Waals surface area contributed by atoms with Gasteiger partial charge in [-0.2, -0.15) is 0 Å². The van der Waals surface area contributed by atoms with E-state index in [1.165, 1.54) is 18.1 Å². The molecule has 0 saturated heterocycles. The van der Waals surface area contributed by atoms with Crippen molar-refractivity contribution in [2.45, 2.75) is 51.9 Å². The van der Waals surface area contributed by atoms with E-state index in [1.807, 2.05) is 24.3 Å². The minimum Gasteiger partial charge on any atom is -0.494 e. The summed E-state index contributed by atoms with van der Waals surface area (Å²) in [6.45, 7) is 2.82. The van der Waals surface area contributed by atoms with Crippen molar-refractivity contribution in [3.63, 3.8) is 0 Å². The molecule has 0 bridgehead atoms. The molecule has 0 spiro atoms. The molecule has 0 unspecified atom stereocenters. The SMILES string of the molecule is CCCCOc1ccc(C(=C2CCCCC2)c2cccc(F)c2F)cc1. The summed E-state index contributed by atoms with van der Waals surface area (Å²) < 4.78 is 34.1. The lowest BCUT2D eigenvalue weighted by atomic mass is 9.85. The van der Waals surface area contributed by atoms with Gasteiger partial charge in [0.05, 0.1) is 6.61 Å². The van der Waals surface area contributed by atoms with Gasteiger partial charge in [0.25, 0.3) is 0 Å². The molecule has 0 radical (unpaired) electrons. The summed E-state index contributed by atoms with van der Waals surface area (Å²) in [4.78, 5) is 0. The number of allylic oxidation sites excluding steroid dienone is 1. The third kappa shape index (κ3) is 4.32. The van der Waals surface area contributed by atoms with Crippen LogP contribution in [0.3, 0.4) is 0 Å². The van der Waals surface area contributed by atoms with Gasteiger partial charge in [-0.3, -0.25) is 0 Å². The lowest BCUT2D eigenvalue weighted by Gasteiger charge is -2.21. The Morgan fingerprint density at radius 3 is 2.38 bits per heavy atom. The predicted molar refractivity (Wildman–Crippen MR) is 102 cm³/mol. The maximum atomic E-state index is 14.5. The highest BCUT2D eigenvalue weighted by Gasteiger charge is 2.19. The Balaban J connectivity index is 1.98. The molecule has 0 atom stereocenters. The quantitative estimate of drug-likeness (QED) is 0.511. The zero-order valence-electron chi connectivity index (χ0n) is 15.4. The van der Waals surface area contributed by atoms with Crippen molar-refractivity contribution in [1.29, 1.82) is 0 Å². The van der Waals surface area contributed by atoms with Gasteiger partial charge in [-0.05, 0) is 61.4 Å². The van der Waals surface area contributed by atoms with Crippen molar-refractivity contribution in [2.75, 3.05) is 6.61 Å². The molecular formula is C23H26F2O. The van der Waals surface area contributed by atoms with E-state index >= 15 is 0 Å². The molecule has 138 valence electrons. The highest BCUT2D eigenvalue weighted by Crippen LogP contribution is 2.37. The first kappa shape index (κ1) is 18.6. The molecule has 0 N–H and O–H groups in total. The molecule has 0 amide bonds. The number of rotatable bonds is 6. The van der Waals surface area contributed by atoms with E-state index in [0.29, 0.717) is 12.2 Å². The molecule has 2 aromatic rings. The number of unbranched alkanes of at least 4 members (excludes halogenated alkanes) is 1. The number of halogens is 2. The molecule has 3 heteroatoms. The number of hydrogen-bond acceptors (Lipinski definition) is 1. The minimum absolute atomic E-state index is 0.363.